The lowest BCUT2D eigenvalue weighted by atomic mass is 9.89. The van der Waals surface area contributed by atoms with E-state index in [-0.39, 0.29) is 29.2 Å². The fraction of sp³-hybridized carbons (Fsp3) is 0.632. The van der Waals surface area contributed by atoms with Gasteiger partial charge in [0.05, 0.1) is 17.4 Å². The van der Waals surface area contributed by atoms with Crippen LogP contribution in [0.1, 0.15) is 45.6 Å². The summed E-state index contributed by atoms with van der Waals surface area (Å²) < 4.78 is 26.8. The molecule has 0 spiro atoms. The average Bonchev–Trinajstić information content (AvgIpc) is 2.60. The Bertz CT molecular complexity index is 702. The first-order valence-corrected chi connectivity index (χ1v) is 10.6. The summed E-state index contributed by atoms with van der Waals surface area (Å²) >= 11 is 0. The lowest BCUT2D eigenvalue weighted by Crippen LogP contribution is -2.39. The van der Waals surface area contributed by atoms with Gasteiger partial charge in [0, 0.05) is 19.6 Å². The van der Waals surface area contributed by atoms with E-state index in [2.05, 4.69) is 5.32 Å². The van der Waals surface area contributed by atoms with Gasteiger partial charge in [-0.3, -0.25) is 4.79 Å². The normalized spacial score (nSPS) is 17.7. The number of amides is 1. The van der Waals surface area contributed by atoms with E-state index in [0.717, 1.165) is 24.8 Å². The zero-order valence-electron chi connectivity index (χ0n) is 15.9. The van der Waals surface area contributed by atoms with E-state index in [4.69, 9.17) is 0 Å². The number of nitrogens with one attached hydrogen (secondary N) is 1. The smallest absolute Gasteiger partial charge is 0.243 e. The van der Waals surface area contributed by atoms with Crippen LogP contribution < -0.4 is 5.32 Å². The SMILES string of the molecule is CC(C)(C)[C@H](O)CNC(=O)Cc1ccc(S(=O)(=O)N2CCCCC2)cc1. The number of hydrogen-bond acceptors (Lipinski definition) is 4. The molecule has 1 heterocycles. The monoisotopic (exact) mass is 382 g/mol. The minimum absolute atomic E-state index is 0.154. The molecule has 1 aliphatic heterocycles. The van der Waals surface area contributed by atoms with Gasteiger partial charge < -0.3 is 10.4 Å². The standard InChI is InChI=1S/C19H30N2O4S/c1-19(2,3)17(22)14-20-18(23)13-15-7-9-16(10-8-15)26(24,25)21-11-5-4-6-12-21/h7-10,17,22H,4-6,11-14H2,1-3H3,(H,20,23)/t17-/m1/s1. The predicted molar refractivity (Wildman–Crippen MR) is 101 cm³/mol. The maximum atomic E-state index is 12.6. The van der Waals surface area contributed by atoms with Gasteiger partial charge >= 0.3 is 0 Å². The molecule has 0 bridgehead atoms. The summed E-state index contributed by atoms with van der Waals surface area (Å²) in [6.07, 6.45) is 2.41. The maximum absolute atomic E-state index is 12.6. The summed E-state index contributed by atoms with van der Waals surface area (Å²) in [4.78, 5) is 12.3. The Balaban J connectivity index is 1.93. The molecule has 0 unspecified atom stereocenters. The average molecular weight is 383 g/mol. The van der Waals surface area contributed by atoms with Crippen LogP contribution in [-0.2, 0) is 21.2 Å². The minimum Gasteiger partial charge on any atom is -0.391 e. The topological polar surface area (TPSA) is 86.7 Å². The van der Waals surface area contributed by atoms with Crippen LogP contribution >= 0.6 is 0 Å². The van der Waals surface area contributed by atoms with E-state index < -0.39 is 16.1 Å². The molecule has 6 nitrogen and oxygen atoms in total. The first-order chi connectivity index (χ1) is 12.1. The van der Waals surface area contributed by atoms with E-state index in [0.29, 0.717) is 13.1 Å². The van der Waals surface area contributed by atoms with Crippen molar-refractivity contribution in [3.63, 3.8) is 0 Å². The van der Waals surface area contributed by atoms with Crippen LogP contribution in [0.3, 0.4) is 0 Å². The maximum Gasteiger partial charge on any atom is 0.243 e. The van der Waals surface area contributed by atoms with Gasteiger partial charge in [0.1, 0.15) is 0 Å². The fourth-order valence-electron chi connectivity index (χ4n) is 2.80. The highest BCUT2D eigenvalue weighted by Gasteiger charge is 2.26. The Morgan fingerprint density at radius 1 is 1.15 bits per heavy atom. The summed E-state index contributed by atoms with van der Waals surface area (Å²) in [5.74, 6) is -0.195. The lowest BCUT2D eigenvalue weighted by molar-refractivity contribution is -0.121. The molecule has 0 aliphatic carbocycles. The molecule has 1 saturated heterocycles. The van der Waals surface area contributed by atoms with Crippen LogP contribution in [0.4, 0.5) is 0 Å². The molecule has 1 aromatic rings. The zero-order valence-corrected chi connectivity index (χ0v) is 16.7. The molecule has 146 valence electrons. The Morgan fingerprint density at radius 3 is 2.27 bits per heavy atom. The number of sulfonamides is 1. The van der Waals surface area contributed by atoms with Crippen molar-refractivity contribution in [3.05, 3.63) is 29.8 Å². The van der Waals surface area contributed by atoms with Crippen molar-refractivity contribution in [3.8, 4) is 0 Å². The van der Waals surface area contributed by atoms with E-state index in [1.807, 2.05) is 20.8 Å². The van der Waals surface area contributed by atoms with Crippen molar-refractivity contribution < 1.29 is 18.3 Å². The fourth-order valence-corrected chi connectivity index (χ4v) is 4.32. The number of aliphatic hydroxyl groups excluding tert-OH is 1. The van der Waals surface area contributed by atoms with Crippen LogP contribution in [-0.4, -0.2) is 49.5 Å². The van der Waals surface area contributed by atoms with Crippen LogP contribution in [0.25, 0.3) is 0 Å². The van der Waals surface area contributed by atoms with E-state index in [9.17, 15) is 18.3 Å². The molecule has 2 N–H and O–H groups in total. The van der Waals surface area contributed by atoms with Crippen molar-refractivity contribution in [1.82, 2.24) is 9.62 Å². The molecular weight excluding hydrogens is 352 g/mol. The number of piperidine rings is 1. The molecular formula is C19H30N2O4S. The van der Waals surface area contributed by atoms with E-state index in [1.54, 1.807) is 24.3 Å². The second-order valence-electron chi connectivity index (χ2n) is 7.97. The molecule has 1 amide bonds. The van der Waals surface area contributed by atoms with Gasteiger partial charge in [0.15, 0.2) is 0 Å². The summed E-state index contributed by atoms with van der Waals surface area (Å²) in [5.41, 5.74) is 0.447. The predicted octanol–water partition coefficient (Wildman–Crippen LogP) is 1.93. The van der Waals surface area contributed by atoms with Crippen molar-refractivity contribution in [2.75, 3.05) is 19.6 Å². The molecule has 1 fully saturated rings. The molecule has 1 aliphatic rings. The Hall–Kier alpha value is -1.44. The van der Waals surface area contributed by atoms with Crippen molar-refractivity contribution in [2.24, 2.45) is 5.41 Å². The second-order valence-corrected chi connectivity index (χ2v) is 9.91. The third-order valence-electron chi connectivity index (χ3n) is 4.73. The number of nitrogens with zero attached hydrogens (tertiary/aromatic N) is 1. The quantitative estimate of drug-likeness (QED) is 0.787. The third kappa shape index (κ3) is 5.53. The zero-order chi connectivity index (χ0) is 19.4. The number of carbonyl (C=O) groups is 1. The summed E-state index contributed by atoms with van der Waals surface area (Å²) in [5, 5.41) is 12.7. The van der Waals surface area contributed by atoms with Gasteiger partial charge in [-0.25, -0.2) is 8.42 Å². The number of rotatable bonds is 6. The molecule has 0 radical (unpaired) electrons. The van der Waals surface area contributed by atoms with Crippen LogP contribution in [0, 0.1) is 5.41 Å². The molecule has 0 aromatic heterocycles. The van der Waals surface area contributed by atoms with E-state index in [1.165, 1.54) is 4.31 Å². The first-order valence-electron chi connectivity index (χ1n) is 9.14. The molecule has 7 heteroatoms. The van der Waals surface area contributed by atoms with Gasteiger partial charge in [-0.15, -0.1) is 0 Å². The first kappa shape index (κ1) is 20.9. The van der Waals surface area contributed by atoms with Crippen LogP contribution in [0.2, 0.25) is 0 Å². The van der Waals surface area contributed by atoms with Crippen LogP contribution in [0.5, 0.6) is 0 Å². The van der Waals surface area contributed by atoms with E-state index >= 15 is 0 Å². The number of hydrogen-bond donors (Lipinski definition) is 2. The number of benzene rings is 1. The van der Waals surface area contributed by atoms with Gasteiger partial charge in [0.25, 0.3) is 0 Å². The largest absolute Gasteiger partial charge is 0.391 e. The lowest BCUT2D eigenvalue weighted by Gasteiger charge is -2.26. The number of carbonyl (C=O) groups excluding carboxylic acids is 1. The molecule has 1 aromatic carbocycles. The molecule has 26 heavy (non-hydrogen) atoms. The molecule has 2 rings (SSSR count). The second kappa shape index (κ2) is 8.50. The Labute approximate surface area is 156 Å². The van der Waals surface area contributed by atoms with Gasteiger partial charge in [-0.2, -0.15) is 4.31 Å². The Morgan fingerprint density at radius 2 is 1.73 bits per heavy atom. The van der Waals surface area contributed by atoms with Crippen molar-refractivity contribution in [1.29, 1.82) is 0 Å². The van der Waals surface area contributed by atoms with Crippen molar-refractivity contribution >= 4 is 15.9 Å². The summed E-state index contributed by atoms with van der Waals surface area (Å²) in [6, 6.07) is 6.49. The van der Waals surface area contributed by atoms with Gasteiger partial charge in [-0.05, 0) is 36.0 Å². The van der Waals surface area contributed by atoms with Crippen molar-refractivity contribution in [2.45, 2.75) is 57.5 Å². The summed E-state index contributed by atoms with van der Waals surface area (Å²) in [7, 11) is -3.45. The van der Waals surface area contributed by atoms with Crippen LogP contribution in [0.15, 0.2) is 29.2 Å². The minimum atomic E-state index is -3.45. The molecule has 1 atom stereocenters. The van der Waals surface area contributed by atoms with Gasteiger partial charge in [-0.1, -0.05) is 39.3 Å². The number of aliphatic hydroxyl groups is 1. The van der Waals surface area contributed by atoms with Gasteiger partial charge in [0.2, 0.25) is 15.9 Å². The highest BCUT2D eigenvalue weighted by atomic mass is 32.2. The highest BCUT2D eigenvalue weighted by molar-refractivity contribution is 7.89. The third-order valence-corrected chi connectivity index (χ3v) is 6.65. The Kier molecular flexibility index (Phi) is 6.82. The molecule has 0 saturated carbocycles. The highest BCUT2D eigenvalue weighted by Crippen LogP contribution is 2.21. The summed E-state index contributed by atoms with van der Waals surface area (Å²) in [6.45, 7) is 7.07.